The number of nitrogens with zero attached hydrogens (tertiary/aromatic N) is 1. The number of amides is 1. The Labute approximate surface area is 128 Å². The monoisotopic (exact) mass is 303 g/mol. The number of anilines is 2. The Bertz CT molecular complexity index is 659. The fourth-order valence-electron chi connectivity index (χ4n) is 1.87. The van der Waals surface area contributed by atoms with E-state index >= 15 is 0 Å². The molecule has 1 atom stereocenters. The first-order valence-electron chi connectivity index (χ1n) is 6.83. The highest BCUT2D eigenvalue weighted by Gasteiger charge is 2.14. The highest BCUT2D eigenvalue weighted by atomic mass is 19.1. The smallest absolute Gasteiger partial charge is 0.246 e. The topological polar surface area (TPSA) is 63.2 Å². The molecule has 5 nitrogen and oxygen atoms in total. The van der Waals surface area contributed by atoms with Crippen LogP contribution in [0.5, 0.6) is 5.88 Å². The van der Waals surface area contributed by atoms with Gasteiger partial charge in [0.2, 0.25) is 11.8 Å². The van der Waals surface area contributed by atoms with E-state index in [4.69, 9.17) is 4.74 Å². The maximum absolute atomic E-state index is 13.2. The van der Waals surface area contributed by atoms with Crippen LogP contribution in [0.3, 0.4) is 0 Å². The number of rotatable bonds is 5. The van der Waals surface area contributed by atoms with Crippen LogP contribution in [0.15, 0.2) is 36.5 Å². The van der Waals surface area contributed by atoms with Gasteiger partial charge in [-0.25, -0.2) is 9.37 Å². The first-order valence-corrected chi connectivity index (χ1v) is 6.83. The molecule has 1 amide bonds. The Kier molecular flexibility index (Phi) is 4.93. The maximum atomic E-state index is 13.2. The van der Waals surface area contributed by atoms with Crippen molar-refractivity contribution in [3.8, 4) is 5.88 Å². The van der Waals surface area contributed by atoms with Gasteiger partial charge in [0.15, 0.2) is 0 Å². The maximum Gasteiger partial charge on any atom is 0.246 e. The minimum atomic E-state index is -0.502. The molecule has 0 aliphatic rings. The summed E-state index contributed by atoms with van der Waals surface area (Å²) in [6.45, 7) is 3.52. The second-order valence-electron chi connectivity index (χ2n) is 4.90. The molecule has 0 aliphatic carbocycles. The number of aromatic nitrogens is 1. The van der Waals surface area contributed by atoms with Crippen LogP contribution in [0.2, 0.25) is 0 Å². The van der Waals surface area contributed by atoms with E-state index in [1.54, 1.807) is 38.2 Å². The Morgan fingerprint density at radius 2 is 2.09 bits per heavy atom. The zero-order valence-corrected chi connectivity index (χ0v) is 12.7. The normalized spacial score (nSPS) is 11.6. The Morgan fingerprint density at radius 3 is 2.73 bits per heavy atom. The summed E-state index contributed by atoms with van der Waals surface area (Å²) in [5, 5.41) is 5.73. The van der Waals surface area contributed by atoms with Crippen LogP contribution in [0.25, 0.3) is 0 Å². The van der Waals surface area contributed by atoms with Crippen LogP contribution >= 0.6 is 0 Å². The van der Waals surface area contributed by atoms with E-state index in [1.807, 2.05) is 0 Å². The van der Waals surface area contributed by atoms with Gasteiger partial charge in [-0.05, 0) is 37.6 Å². The molecule has 0 saturated carbocycles. The molecule has 2 N–H and O–H groups in total. The molecule has 0 aliphatic heterocycles. The minimum Gasteiger partial charge on any atom is -0.481 e. The number of aryl methyl sites for hydroxylation is 1. The van der Waals surface area contributed by atoms with E-state index in [1.165, 1.54) is 19.2 Å². The molecule has 0 fully saturated rings. The molecule has 1 heterocycles. The van der Waals surface area contributed by atoms with E-state index in [0.29, 0.717) is 17.3 Å². The average molecular weight is 303 g/mol. The number of carbonyl (C=O) groups is 1. The molecule has 6 heteroatoms. The molecule has 0 spiro atoms. The molecule has 116 valence electrons. The number of benzene rings is 1. The van der Waals surface area contributed by atoms with Crippen molar-refractivity contribution in [1.29, 1.82) is 0 Å². The third-order valence-electron chi connectivity index (χ3n) is 3.18. The molecule has 0 bridgehead atoms. The molecule has 1 unspecified atom stereocenters. The van der Waals surface area contributed by atoms with E-state index < -0.39 is 6.04 Å². The van der Waals surface area contributed by atoms with Gasteiger partial charge in [0, 0.05) is 11.8 Å². The Balaban J connectivity index is 2.00. The number of ether oxygens (including phenoxy) is 1. The van der Waals surface area contributed by atoms with E-state index in [-0.39, 0.29) is 11.7 Å². The van der Waals surface area contributed by atoms with Gasteiger partial charge < -0.3 is 15.4 Å². The lowest BCUT2D eigenvalue weighted by molar-refractivity contribution is -0.116. The second kappa shape index (κ2) is 6.89. The van der Waals surface area contributed by atoms with Crippen molar-refractivity contribution in [3.05, 3.63) is 47.9 Å². The number of carbonyl (C=O) groups excluding carboxylic acids is 1. The predicted octanol–water partition coefficient (Wildman–Crippen LogP) is 2.98. The van der Waals surface area contributed by atoms with Gasteiger partial charge >= 0.3 is 0 Å². The zero-order chi connectivity index (χ0) is 16.1. The van der Waals surface area contributed by atoms with Gasteiger partial charge in [-0.1, -0.05) is 6.07 Å². The van der Waals surface area contributed by atoms with Crippen LogP contribution in [-0.4, -0.2) is 24.0 Å². The number of hydrogen-bond donors (Lipinski definition) is 2. The third-order valence-corrected chi connectivity index (χ3v) is 3.18. The van der Waals surface area contributed by atoms with Crippen LogP contribution in [-0.2, 0) is 4.79 Å². The molecule has 1 aromatic heterocycles. The van der Waals surface area contributed by atoms with Crippen molar-refractivity contribution in [2.24, 2.45) is 0 Å². The van der Waals surface area contributed by atoms with Gasteiger partial charge in [-0.3, -0.25) is 4.79 Å². The molecular weight excluding hydrogens is 285 g/mol. The summed E-state index contributed by atoms with van der Waals surface area (Å²) < 4.78 is 18.2. The number of hydrogen-bond acceptors (Lipinski definition) is 4. The molecule has 0 radical (unpaired) electrons. The molecule has 2 rings (SSSR count). The number of halogens is 1. The minimum absolute atomic E-state index is 0.260. The summed E-state index contributed by atoms with van der Waals surface area (Å²) in [4.78, 5) is 16.2. The summed E-state index contributed by atoms with van der Waals surface area (Å²) in [5.41, 5.74) is 1.96. The van der Waals surface area contributed by atoms with Gasteiger partial charge in [0.05, 0.1) is 19.0 Å². The lowest BCUT2D eigenvalue weighted by Crippen LogP contribution is -2.32. The fraction of sp³-hybridized carbons (Fsp3) is 0.250. The Hall–Kier alpha value is -2.63. The highest BCUT2D eigenvalue weighted by molar-refractivity contribution is 5.96. The lowest BCUT2D eigenvalue weighted by Gasteiger charge is -2.16. The van der Waals surface area contributed by atoms with Crippen molar-refractivity contribution < 1.29 is 13.9 Å². The first kappa shape index (κ1) is 15.8. The van der Waals surface area contributed by atoms with Crippen molar-refractivity contribution >= 4 is 17.3 Å². The molecule has 22 heavy (non-hydrogen) atoms. The first-order chi connectivity index (χ1) is 10.5. The van der Waals surface area contributed by atoms with Gasteiger partial charge in [0.25, 0.3) is 0 Å². The van der Waals surface area contributed by atoms with Crippen molar-refractivity contribution in [2.75, 3.05) is 17.7 Å². The van der Waals surface area contributed by atoms with Crippen LogP contribution in [0.4, 0.5) is 15.8 Å². The summed E-state index contributed by atoms with van der Waals surface area (Å²) in [5.74, 6) is -0.150. The van der Waals surface area contributed by atoms with Gasteiger partial charge in [0.1, 0.15) is 11.9 Å². The fourth-order valence-corrected chi connectivity index (χ4v) is 1.87. The zero-order valence-electron chi connectivity index (χ0n) is 12.7. The largest absolute Gasteiger partial charge is 0.481 e. The third kappa shape index (κ3) is 3.94. The van der Waals surface area contributed by atoms with E-state index in [0.717, 1.165) is 5.56 Å². The SMILES string of the molecule is COc1ccc(NC(C)C(=O)Nc2cc(F)ccc2C)cn1. The van der Waals surface area contributed by atoms with E-state index in [9.17, 15) is 9.18 Å². The highest BCUT2D eigenvalue weighted by Crippen LogP contribution is 2.17. The Morgan fingerprint density at radius 1 is 1.32 bits per heavy atom. The van der Waals surface area contributed by atoms with Crippen molar-refractivity contribution in [1.82, 2.24) is 4.98 Å². The van der Waals surface area contributed by atoms with Crippen LogP contribution in [0, 0.1) is 12.7 Å². The summed E-state index contributed by atoms with van der Waals surface area (Å²) in [6.07, 6.45) is 1.58. The summed E-state index contributed by atoms with van der Waals surface area (Å²) in [6, 6.07) is 7.24. The number of methoxy groups -OCH3 is 1. The van der Waals surface area contributed by atoms with Gasteiger partial charge in [-0.2, -0.15) is 0 Å². The molecule has 0 saturated heterocycles. The standard InChI is InChI=1S/C16H18FN3O2/c1-10-4-5-12(17)8-14(10)20-16(21)11(2)19-13-6-7-15(22-3)18-9-13/h4-9,11,19H,1-3H3,(H,20,21). The van der Waals surface area contributed by atoms with Gasteiger partial charge in [-0.15, -0.1) is 0 Å². The average Bonchev–Trinajstić information content (AvgIpc) is 2.51. The quantitative estimate of drug-likeness (QED) is 0.891. The summed E-state index contributed by atoms with van der Waals surface area (Å²) in [7, 11) is 1.53. The number of nitrogens with one attached hydrogen (secondary N) is 2. The predicted molar refractivity (Wildman–Crippen MR) is 83.6 cm³/mol. The molecular formula is C16H18FN3O2. The van der Waals surface area contributed by atoms with Crippen molar-refractivity contribution in [3.63, 3.8) is 0 Å². The number of pyridine rings is 1. The van der Waals surface area contributed by atoms with Crippen molar-refractivity contribution in [2.45, 2.75) is 19.9 Å². The molecule has 2 aromatic rings. The van der Waals surface area contributed by atoms with E-state index in [2.05, 4.69) is 15.6 Å². The lowest BCUT2D eigenvalue weighted by atomic mass is 10.2. The van der Waals surface area contributed by atoms with Crippen LogP contribution < -0.4 is 15.4 Å². The van der Waals surface area contributed by atoms with Crippen LogP contribution in [0.1, 0.15) is 12.5 Å². The second-order valence-corrected chi connectivity index (χ2v) is 4.90. The summed E-state index contributed by atoms with van der Waals surface area (Å²) >= 11 is 0. The molecule has 1 aromatic carbocycles.